The summed E-state index contributed by atoms with van der Waals surface area (Å²) in [5.41, 5.74) is 6.27. The minimum absolute atomic E-state index is 0.103. The van der Waals surface area contributed by atoms with Crippen LogP contribution in [0.1, 0.15) is 57.1 Å². The summed E-state index contributed by atoms with van der Waals surface area (Å²) >= 11 is 5.80. The predicted molar refractivity (Wildman–Crippen MR) is 159 cm³/mol. The Kier molecular flexibility index (Phi) is 7.66. The molecule has 40 heavy (non-hydrogen) atoms. The number of thiocarbonyl (C=S) groups is 1. The summed E-state index contributed by atoms with van der Waals surface area (Å²) in [5, 5.41) is 16.8. The van der Waals surface area contributed by atoms with Gasteiger partial charge in [0.2, 0.25) is 5.91 Å². The van der Waals surface area contributed by atoms with Crippen LogP contribution < -0.4 is 10.6 Å². The molecule has 0 saturated carbocycles. The maximum absolute atomic E-state index is 12.9. The second-order valence-electron chi connectivity index (χ2n) is 9.97. The molecule has 3 heterocycles. The molecule has 0 unspecified atom stereocenters. The van der Waals surface area contributed by atoms with E-state index in [0.29, 0.717) is 17.3 Å². The largest absolute Gasteiger partial charge is 0.478 e. The van der Waals surface area contributed by atoms with E-state index in [-0.39, 0.29) is 30.0 Å². The molecule has 0 radical (unpaired) electrons. The van der Waals surface area contributed by atoms with E-state index in [1.165, 1.54) is 0 Å². The summed E-state index contributed by atoms with van der Waals surface area (Å²) in [7, 11) is 0. The number of nitrogens with zero attached hydrogens (tertiary/aromatic N) is 3. The maximum atomic E-state index is 12.9. The lowest BCUT2D eigenvalue weighted by Gasteiger charge is -2.28. The first-order valence-corrected chi connectivity index (χ1v) is 13.5. The topological polar surface area (TPSA) is 99.5 Å². The third-order valence-electron chi connectivity index (χ3n) is 7.24. The van der Waals surface area contributed by atoms with Gasteiger partial charge in [0.15, 0.2) is 5.11 Å². The molecule has 1 amide bonds. The van der Waals surface area contributed by atoms with E-state index >= 15 is 0 Å². The number of para-hydroxylation sites is 1. The SMILES string of the molecule is Cc1cccc(NC(=O)CCN2C(=S)N[C@H](c3ccccn3)[C@@H]2c2cc(C)n(-c3ccccc3C(=O)O)c2C)c1. The lowest BCUT2D eigenvalue weighted by molar-refractivity contribution is -0.116. The zero-order valence-electron chi connectivity index (χ0n) is 22.6. The smallest absolute Gasteiger partial charge is 0.337 e. The van der Waals surface area contributed by atoms with Crippen LogP contribution in [0.3, 0.4) is 0 Å². The first-order valence-electron chi connectivity index (χ1n) is 13.1. The van der Waals surface area contributed by atoms with Crippen LogP contribution in [0.2, 0.25) is 0 Å². The van der Waals surface area contributed by atoms with Crippen molar-refractivity contribution in [1.82, 2.24) is 19.8 Å². The van der Waals surface area contributed by atoms with Crippen molar-refractivity contribution in [2.45, 2.75) is 39.3 Å². The highest BCUT2D eigenvalue weighted by atomic mass is 32.1. The number of carboxylic acid groups (broad SMARTS) is 1. The van der Waals surface area contributed by atoms with Gasteiger partial charge in [-0.15, -0.1) is 0 Å². The molecular weight excluding hydrogens is 522 g/mol. The van der Waals surface area contributed by atoms with E-state index in [0.717, 1.165) is 33.9 Å². The van der Waals surface area contributed by atoms with Crippen LogP contribution in [-0.2, 0) is 4.79 Å². The first kappa shape index (κ1) is 27.1. The molecule has 5 rings (SSSR count). The Morgan fingerprint density at radius 1 is 1.02 bits per heavy atom. The van der Waals surface area contributed by atoms with Crippen molar-refractivity contribution in [1.29, 1.82) is 0 Å². The van der Waals surface area contributed by atoms with E-state index in [1.807, 2.05) is 84.8 Å². The van der Waals surface area contributed by atoms with Crippen molar-refractivity contribution in [2.75, 3.05) is 11.9 Å². The van der Waals surface area contributed by atoms with E-state index < -0.39 is 5.97 Å². The molecule has 0 bridgehead atoms. The Labute approximate surface area is 238 Å². The lowest BCUT2D eigenvalue weighted by Crippen LogP contribution is -2.32. The molecule has 2 aromatic heterocycles. The Balaban J connectivity index is 1.50. The summed E-state index contributed by atoms with van der Waals surface area (Å²) < 4.78 is 1.97. The van der Waals surface area contributed by atoms with Crippen LogP contribution in [0.25, 0.3) is 5.69 Å². The number of amides is 1. The van der Waals surface area contributed by atoms with E-state index in [4.69, 9.17) is 12.2 Å². The number of anilines is 1. The van der Waals surface area contributed by atoms with Gasteiger partial charge in [-0.1, -0.05) is 30.3 Å². The number of nitrogens with one attached hydrogen (secondary N) is 2. The van der Waals surface area contributed by atoms with Gasteiger partial charge in [-0.3, -0.25) is 9.78 Å². The number of carbonyl (C=O) groups is 2. The number of hydrogen-bond acceptors (Lipinski definition) is 4. The van der Waals surface area contributed by atoms with Crippen molar-refractivity contribution in [2.24, 2.45) is 0 Å². The Morgan fingerprint density at radius 2 is 1.80 bits per heavy atom. The number of aromatic nitrogens is 2. The molecule has 2 atom stereocenters. The minimum Gasteiger partial charge on any atom is -0.478 e. The number of hydrogen-bond donors (Lipinski definition) is 3. The normalized spacial score (nSPS) is 16.6. The van der Waals surface area contributed by atoms with Gasteiger partial charge in [0, 0.05) is 36.2 Å². The number of benzene rings is 2. The molecule has 0 spiro atoms. The van der Waals surface area contributed by atoms with Gasteiger partial charge in [0.1, 0.15) is 0 Å². The highest BCUT2D eigenvalue weighted by Gasteiger charge is 2.41. The molecule has 1 fully saturated rings. The highest BCUT2D eigenvalue weighted by Crippen LogP contribution is 2.41. The summed E-state index contributed by atoms with van der Waals surface area (Å²) in [6, 6.07) is 22.0. The van der Waals surface area contributed by atoms with Crippen LogP contribution in [0, 0.1) is 20.8 Å². The van der Waals surface area contributed by atoms with Crippen LogP contribution in [0.15, 0.2) is 79.0 Å². The van der Waals surface area contributed by atoms with Crippen molar-refractivity contribution in [3.8, 4) is 5.69 Å². The number of carbonyl (C=O) groups excluding carboxylic acids is 1. The second-order valence-corrected chi connectivity index (χ2v) is 10.4. The Bertz CT molecular complexity index is 1580. The van der Waals surface area contributed by atoms with Gasteiger partial charge in [0.05, 0.1) is 29.0 Å². The van der Waals surface area contributed by atoms with Crippen LogP contribution in [0.5, 0.6) is 0 Å². The summed E-state index contributed by atoms with van der Waals surface area (Å²) in [6.07, 6.45) is 1.99. The fourth-order valence-electron chi connectivity index (χ4n) is 5.46. The number of carboxylic acids is 1. The molecule has 1 saturated heterocycles. The highest BCUT2D eigenvalue weighted by molar-refractivity contribution is 7.80. The third kappa shape index (κ3) is 5.33. The van der Waals surface area contributed by atoms with Gasteiger partial charge >= 0.3 is 5.97 Å². The maximum Gasteiger partial charge on any atom is 0.337 e. The monoisotopic (exact) mass is 553 g/mol. The average molecular weight is 554 g/mol. The standard InChI is InChI=1S/C31H31N5O3S/c1-19-9-8-10-22(17-19)33-27(37)14-16-35-29(28(34-31(35)40)25-12-6-7-15-32-25)24-18-20(2)36(21(24)3)26-13-5-4-11-23(26)30(38)39/h4-13,15,17-18,28-29H,14,16H2,1-3H3,(H,33,37)(H,34,40)(H,38,39)/t28-,29+/m1/s1. The first-order chi connectivity index (χ1) is 19.2. The van der Waals surface area contributed by atoms with E-state index in [1.54, 1.807) is 18.3 Å². The van der Waals surface area contributed by atoms with Gasteiger partial charge in [-0.05, 0) is 86.6 Å². The van der Waals surface area contributed by atoms with Gasteiger partial charge < -0.3 is 25.2 Å². The molecule has 4 aromatic rings. The van der Waals surface area contributed by atoms with Crippen molar-refractivity contribution < 1.29 is 14.7 Å². The summed E-state index contributed by atoms with van der Waals surface area (Å²) in [4.78, 5) is 31.6. The van der Waals surface area contributed by atoms with Crippen LogP contribution in [-0.4, -0.2) is 43.1 Å². The zero-order chi connectivity index (χ0) is 28.4. The van der Waals surface area contributed by atoms with Crippen LogP contribution in [0.4, 0.5) is 5.69 Å². The van der Waals surface area contributed by atoms with Gasteiger partial charge in [-0.2, -0.15) is 0 Å². The second kappa shape index (κ2) is 11.3. The molecule has 9 heteroatoms. The molecule has 0 aliphatic carbocycles. The number of rotatable bonds is 8. The zero-order valence-corrected chi connectivity index (χ0v) is 23.4. The quantitative estimate of drug-likeness (QED) is 0.248. The molecule has 204 valence electrons. The van der Waals surface area contributed by atoms with Crippen LogP contribution >= 0.6 is 12.2 Å². The molecule has 3 N–H and O–H groups in total. The van der Waals surface area contributed by atoms with Crippen molar-refractivity contribution in [3.05, 3.63) is 113 Å². The van der Waals surface area contributed by atoms with Gasteiger partial charge in [0.25, 0.3) is 0 Å². The third-order valence-corrected chi connectivity index (χ3v) is 7.60. The predicted octanol–water partition coefficient (Wildman–Crippen LogP) is 5.50. The fraction of sp³-hybridized carbons (Fsp3) is 0.226. The van der Waals surface area contributed by atoms with E-state index in [9.17, 15) is 14.7 Å². The Morgan fingerprint density at radius 3 is 2.52 bits per heavy atom. The molecule has 1 aliphatic heterocycles. The molecule has 8 nitrogen and oxygen atoms in total. The fourth-order valence-corrected chi connectivity index (χ4v) is 5.79. The summed E-state index contributed by atoms with van der Waals surface area (Å²) in [6.45, 7) is 6.33. The number of aryl methyl sites for hydroxylation is 2. The van der Waals surface area contributed by atoms with E-state index in [2.05, 4.69) is 21.7 Å². The molecule has 2 aromatic carbocycles. The van der Waals surface area contributed by atoms with Crippen molar-refractivity contribution in [3.63, 3.8) is 0 Å². The summed E-state index contributed by atoms with van der Waals surface area (Å²) in [5.74, 6) is -1.09. The number of pyridine rings is 1. The Hall–Kier alpha value is -4.50. The van der Waals surface area contributed by atoms with Crippen molar-refractivity contribution >= 4 is 34.9 Å². The molecular formula is C31H31N5O3S. The average Bonchev–Trinajstić information content (AvgIpc) is 3.42. The number of aromatic carboxylic acids is 1. The lowest BCUT2D eigenvalue weighted by atomic mass is 9.96. The molecule has 1 aliphatic rings. The van der Waals surface area contributed by atoms with Gasteiger partial charge in [-0.25, -0.2) is 4.79 Å². The minimum atomic E-state index is -0.985.